The second kappa shape index (κ2) is 3.06. The minimum Gasteiger partial charge on any atom is -0.450 e. The molecular formula is C9H8INO. The average molecular weight is 273 g/mol. The number of hydrogen-bond acceptors (Lipinski definition) is 2. The highest BCUT2D eigenvalue weighted by Gasteiger charge is 2.00. The van der Waals surface area contributed by atoms with Gasteiger partial charge in [0.05, 0.1) is 0 Å². The summed E-state index contributed by atoms with van der Waals surface area (Å²) in [6.45, 7) is 0.581. The topological polar surface area (TPSA) is 39.2 Å². The van der Waals surface area contributed by atoms with Gasteiger partial charge in [-0.05, 0) is 46.4 Å². The van der Waals surface area contributed by atoms with Crippen molar-refractivity contribution in [3.8, 4) is 0 Å². The summed E-state index contributed by atoms with van der Waals surface area (Å²) < 4.78 is 6.33. The van der Waals surface area contributed by atoms with Crippen LogP contribution in [0, 0.1) is 3.77 Å². The molecule has 0 amide bonds. The van der Waals surface area contributed by atoms with Crippen molar-refractivity contribution in [2.75, 3.05) is 0 Å². The summed E-state index contributed by atoms with van der Waals surface area (Å²) in [6, 6.07) is 8.01. The molecule has 0 unspecified atom stereocenters. The Morgan fingerprint density at radius 1 is 1.33 bits per heavy atom. The van der Waals surface area contributed by atoms with E-state index in [4.69, 9.17) is 10.2 Å². The predicted octanol–water partition coefficient (Wildman–Crippen LogP) is 2.50. The largest absolute Gasteiger partial charge is 0.450 e. The van der Waals surface area contributed by atoms with Crippen LogP contribution in [0.15, 0.2) is 28.7 Å². The molecule has 0 bridgehead atoms. The quantitative estimate of drug-likeness (QED) is 0.811. The minimum absolute atomic E-state index is 0.581. The van der Waals surface area contributed by atoms with Crippen LogP contribution < -0.4 is 5.73 Å². The third-order valence-electron chi connectivity index (χ3n) is 1.79. The van der Waals surface area contributed by atoms with E-state index in [-0.39, 0.29) is 0 Å². The van der Waals surface area contributed by atoms with Gasteiger partial charge in [0.2, 0.25) is 0 Å². The van der Waals surface area contributed by atoms with Gasteiger partial charge in [0.15, 0.2) is 3.77 Å². The van der Waals surface area contributed by atoms with Crippen molar-refractivity contribution < 1.29 is 4.42 Å². The van der Waals surface area contributed by atoms with E-state index in [1.54, 1.807) is 0 Å². The number of hydrogen-bond donors (Lipinski definition) is 1. The molecule has 0 atom stereocenters. The second-order valence-corrected chi connectivity index (χ2v) is 3.69. The van der Waals surface area contributed by atoms with Crippen LogP contribution in [-0.2, 0) is 6.54 Å². The number of furan rings is 1. The fourth-order valence-electron chi connectivity index (χ4n) is 1.19. The summed E-state index contributed by atoms with van der Waals surface area (Å²) in [5, 5.41) is 1.13. The Balaban J connectivity index is 2.66. The van der Waals surface area contributed by atoms with Crippen LogP contribution in [0.5, 0.6) is 0 Å². The maximum Gasteiger partial charge on any atom is 0.165 e. The normalized spacial score (nSPS) is 10.8. The number of fused-ring (bicyclic) bond motifs is 1. The van der Waals surface area contributed by atoms with Gasteiger partial charge in [-0.25, -0.2) is 0 Å². The Kier molecular flexibility index (Phi) is 2.06. The molecule has 0 aliphatic carbocycles. The number of nitrogens with two attached hydrogens (primary N) is 1. The molecule has 2 rings (SSSR count). The van der Waals surface area contributed by atoms with Crippen LogP contribution >= 0.6 is 22.6 Å². The summed E-state index contributed by atoms with van der Waals surface area (Å²) >= 11 is 2.16. The average Bonchev–Trinajstić information content (AvgIpc) is 2.43. The molecule has 0 aliphatic heterocycles. The summed E-state index contributed by atoms with van der Waals surface area (Å²) in [6.07, 6.45) is 0. The van der Waals surface area contributed by atoms with Crippen LogP contribution in [0.4, 0.5) is 0 Å². The first-order chi connectivity index (χ1) is 5.79. The zero-order valence-corrected chi connectivity index (χ0v) is 8.54. The SMILES string of the molecule is NCc1ccc2oc(I)cc2c1. The molecule has 0 fully saturated rings. The van der Waals surface area contributed by atoms with Crippen molar-refractivity contribution in [3.05, 3.63) is 33.6 Å². The first kappa shape index (κ1) is 8.07. The molecule has 0 spiro atoms. The van der Waals surface area contributed by atoms with E-state index >= 15 is 0 Å². The van der Waals surface area contributed by atoms with Crippen molar-refractivity contribution in [2.24, 2.45) is 5.73 Å². The van der Waals surface area contributed by atoms with Gasteiger partial charge in [-0.1, -0.05) is 6.07 Å². The lowest BCUT2D eigenvalue weighted by Gasteiger charge is -1.93. The second-order valence-electron chi connectivity index (χ2n) is 2.63. The Hall–Kier alpha value is -0.550. The molecule has 0 saturated heterocycles. The standard InChI is InChI=1S/C9H8INO/c10-9-4-7-3-6(5-11)1-2-8(7)12-9/h1-4H,5,11H2. The van der Waals surface area contributed by atoms with Gasteiger partial charge < -0.3 is 10.2 Å². The first-order valence-electron chi connectivity index (χ1n) is 3.67. The lowest BCUT2D eigenvalue weighted by molar-refractivity contribution is 0.584. The van der Waals surface area contributed by atoms with Crippen molar-refractivity contribution in [1.29, 1.82) is 0 Å². The van der Waals surface area contributed by atoms with E-state index in [1.165, 1.54) is 0 Å². The fourth-order valence-corrected chi connectivity index (χ4v) is 1.76. The Bertz CT molecular complexity index is 408. The van der Waals surface area contributed by atoms with Crippen LogP contribution in [0.3, 0.4) is 0 Å². The highest BCUT2D eigenvalue weighted by Crippen LogP contribution is 2.21. The van der Waals surface area contributed by atoms with Crippen LogP contribution in [0.2, 0.25) is 0 Å². The fraction of sp³-hybridized carbons (Fsp3) is 0.111. The molecule has 1 aromatic carbocycles. The van der Waals surface area contributed by atoms with E-state index in [1.807, 2.05) is 18.2 Å². The first-order valence-corrected chi connectivity index (χ1v) is 4.75. The molecule has 2 aromatic rings. The van der Waals surface area contributed by atoms with Gasteiger partial charge in [-0.3, -0.25) is 0 Å². The highest BCUT2D eigenvalue weighted by atomic mass is 127. The van der Waals surface area contributed by atoms with E-state index < -0.39 is 0 Å². The van der Waals surface area contributed by atoms with E-state index in [0.717, 1.165) is 20.3 Å². The van der Waals surface area contributed by atoms with E-state index in [9.17, 15) is 0 Å². The Morgan fingerprint density at radius 3 is 2.92 bits per heavy atom. The van der Waals surface area contributed by atoms with Crippen LogP contribution in [-0.4, -0.2) is 0 Å². The van der Waals surface area contributed by atoms with Gasteiger partial charge in [0.25, 0.3) is 0 Å². The molecular weight excluding hydrogens is 265 g/mol. The van der Waals surface area contributed by atoms with Crippen molar-refractivity contribution in [1.82, 2.24) is 0 Å². The lowest BCUT2D eigenvalue weighted by atomic mass is 10.2. The summed E-state index contributed by atoms with van der Waals surface area (Å²) in [7, 11) is 0. The van der Waals surface area contributed by atoms with Crippen molar-refractivity contribution in [3.63, 3.8) is 0 Å². The Labute approximate surface area is 83.9 Å². The number of halogens is 1. The summed E-state index contributed by atoms with van der Waals surface area (Å²) in [4.78, 5) is 0. The maximum absolute atomic E-state index is 5.52. The zero-order chi connectivity index (χ0) is 8.55. The summed E-state index contributed by atoms with van der Waals surface area (Å²) in [5.74, 6) is 0. The lowest BCUT2D eigenvalue weighted by Crippen LogP contribution is -1.94. The molecule has 0 aliphatic rings. The van der Waals surface area contributed by atoms with E-state index in [0.29, 0.717) is 6.54 Å². The smallest absolute Gasteiger partial charge is 0.165 e. The molecule has 12 heavy (non-hydrogen) atoms. The van der Waals surface area contributed by atoms with Gasteiger partial charge in [0.1, 0.15) is 5.58 Å². The third kappa shape index (κ3) is 1.34. The monoisotopic (exact) mass is 273 g/mol. The molecule has 62 valence electrons. The molecule has 2 nitrogen and oxygen atoms in total. The zero-order valence-electron chi connectivity index (χ0n) is 6.38. The van der Waals surface area contributed by atoms with Gasteiger partial charge >= 0.3 is 0 Å². The van der Waals surface area contributed by atoms with Gasteiger partial charge in [-0.15, -0.1) is 0 Å². The van der Waals surface area contributed by atoms with E-state index in [2.05, 4.69) is 28.7 Å². The molecule has 3 heteroatoms. The summed E-state index contributed by atoms with van der Waals surface area (Å²) in [5.41, 5.74) is 7.58. The van der Waals surface area contributed by atoms with Gasteiger partial charge in [0, 0.05) is 11.9 Å². The molecule has 0 saturated carbocycles. The number of benzene rings is 1. The maximum atomic E-state index is 5.52. The third-order valence-corrected chi connectivity index (χ3v) is 2.32. The number of rotatable bonds is 1. The predicted molar refractivity (Wildman–Crippen MR) is 56.8 cm³/mol. The molecule has 1 aromatic heterocycles. The van der Waals surface area contributed by atoms with Crippen LogP contribution in [0.1, 0.15) is 5.56 Å². The van der Waals surface area contributed by atoms with Crippen LogP contribution in [0.25, 0.3) is 11.0 Å². The minimum atomic E-state index is 0.581. The van der Waals surface area contributed by atoms with Crippen molar-refractivity contribution in [2.45, 2.75) is 6.54 Å². The highest BCUT2D eigenvalue weighted by molar-refractivity contribution is 14.1. The molecule has 0 radical (unpaired) electrons. The van der Waals surface area contributed by atoms with Crippen molar-refractivity contribution >= 4 is 33.6 Å². The molecule has 2 N–H and O–H groups in total. The Morgan fingerprint density at radius 2 is 2.17 bits per heavy atom. The van der Waals surface area contributed by atoms with Gasteiger partial charge in [-0.2, -0.15) is 0 Å². The molecule has 1 heterocycles.